The summed E-state index contributed by atoms with van der Waals surface area (Å²) in [5, 5.41) is 6.99. The van der Waals surface area contributed by atoms with Crippen molar-refractivity contribution in [1.82, 2.24) is 5.32 Å². The van der Waals surface area contributed by atoms with Crippen LogP contribution in [0.1, 0.15) is 78.1 Å². The topological polar surface area (TPSA) is 61.4 Å². The highest BCUT2D eigenvalue weighted by Gasteiger charge is 2.44. The van der Waals surface area contributed by atoms with E-state index >= 15 is 0 Å². The molecule has 2 atom stereocenters. The Morgan fingerprint density at radius 2 is 1.88 bits per heavy atom. The van der Waals surface area contributed by atoms with Crippen molar-refractivity contribution in [1.29, 1.82) is 0 Å². The van der Waals surface area contributed by atoms with E-state index in [0.29, 0.717) is 12.3 Å². The lowest BCUT2D eigenvalue weighted by Gasteiger charge is -2.42. The first-order valence-electron chi connectivity index (χ1n) is 13.2. The Hall–Kier alpha value is -2.56. The summed E-state index contributed by atoms with van der Waals surface area (Å²) in [6.45, 7) is 4.65. The van der Waals surface area contributed by atoms with Crippen LogP contribution >= 0.6 is 0 Å². The highest BCUT2D eigenvalue weighted by atomic mass is 16.2. The van der Waals surface area contributed by atoms with E-state index < -0.39 is 0 Å². The van der Waals surface area contributed by atoms with Gasteiger partial charge >= 0.3 is 0 Å². The molecule has 5 rings (SSSR count). The smallest absolute Gasteiger partial charge is 0.239 e. The third kappa shape index (κ3) is 4.80. The van der Waals surface area contributed by atoms with E-state index in [-0.39, 0.29) is 35.7 Å². The molecule has 0 spiro atoms. The Bertz CT molecular complexity index is 1000. The minimum atomic E-state index is -0.0863. The van der Waals surface area contributed by atoms with Gasteiger partial charge in [0.05, 0.1) is 24.0 Å². The van der Waals surface area contributed by atoms with Crippen molar-refractivity contribution in [3.05, 3.63) is 47.7 Å². The van der Waals surface area contributed by atoms with Crippen LogP contribution in [-0.4, -0.2) is 30.3 Å². The third-order valence-corrected chi connectivity index (χ3v) is 8.09. The Morgan fingerprint density at radius 1 is 1.09 bits per heavy atom. The van der Waals surface area contributed by atoms with Gasteiger partial charge in [0.25, 0.3) is 0 Å². The lowest BCUT2D eigenvalue weighted by atomic mass is 9.71. The second-order valence-corrected chi connectivity index (χ2v) is 11.5. The maximum atomic E-state index is 13.7. The summed E-state index contributed by atoms with van der Waals surface area (Å²) in [7, 11) is 0. The number of fused-ring (bicyclic) bond motifs is 1. The van der Waals surface area contributed by atoms with Crippen molar-refractivity contribution in [2.75, 3.05) is 16.8 Å². The van der Waals surface area contributed by atoms with Gasteiger partial charge in [0.2, 0.25) is 5.91 Å². The zero-order valence-corrected chi connectivity index (χ0v) is 20.7. The summed E-state index contributed by atoms with van der Waals surface area (Å²) in [6.07, 6.45) is 14.7. The molecule has 1 aromatic rings. The summed E-state index contributed by atoms with van der Waals surface area (Å²) in [5.74, 6) is 0.630. The molecule has 1 aromatic carbocycles. The molecule has 0 bridgehead atoms. The predicted molar refractivity (Wildman–Crippen MR) is 138 cm³/mol. The molecule has 1 heterocycles. The fourth-order valence-electron chi connectivity index (χ4n) is 6.54. The highest BCUT2D eigenvalue weighted by molar-refractivity contribution is 6.01. The van der Waals surface area contributed by atoms with Crippen LogP contribution in [0.5, 0.6) is 0 Å². The quantitative estimate of drug-likeness (QED) is 0.562. The molecule has 2 N–H and O–H groups in total. The average Bonchev–Trinajstić information content (AvgIpc) is 2.94. The molecule has 1 aliphatic heterocycles. The molecule has 0 saturated heterocycles. The first kappa shape index (κ1) is 23.2. The van der Waals surface area contributed by atoms with Crippen LogP contribution in [0.15, 0.2) is 47.7 Å². The molecule has 182 valence electrons. The maximum absolute atomic E-state index is 13.7. The van der Waals surface area contributed by atoms with Crippen LogP contribution in [0, 0.1) is 11.3 Å². The number of ketones is 1. The zero-order valence-electron chi connectivity index (χ0n) is 20.7. The number of para-hydroxylation sites is 2. The van der Waals surface area contributed by atoms with Gasteiger partial charge in [-0.05, 0) is 62.0 Å². The molecule has 0 unspecified atom stereocenters. The number of rotatable bonds is 4. The van der Waals surface area contributed by atoms with Crippen molar-refractivity contribution < 1.29 is 9.59 Å². The standard InChI is InChI=1S/C29H39N3O2/c1-29(2)17-23-27(25(33)18-29)28(20-11-5-3-6-12-20)32(24-16-10-9-15-22(24)31-23)19-26(34)30-21-13-7-4-8-14-21/h3,5,9-10,15-16,20-21,28,31H,4,6-8,11-14,17-19H2,1-2H3,(H,30,34)/t20-,28-/m0/s1. The Balaban J connectivity index is 1.55. The molecule has 1 fully saturated rings. The van der Waals surface area contributed by atoms with E-state index in [1.807, 2.05) is 12.1 Å². The van der Waals surface area contributed by atoms with Crippen LogP contribution < -0.4 is 15.5 Å². The number of Topliss-reactive ketones (excluding diaryl/α,β-unsaturated/α-hetero) is 1. The number of amides is 1. The molecular weight excluding hydrogens is 422 g/mol. The van der Waals surface area contributed by atoms with Crippen LogP contribution in [0.4, 0.5) is 11.4 Å². The van der Waals surface area contributed by atoms with Crippen LogP contribution in [0.3, 0.4) is 0 Å². The minimum Gasteiger partial charge on any atom is -0.357 e. The fourth-order valence-corrected chi connectivity index (χ4v) is 6.54. The number of nitrogens with one attached hydrogen (secondary N) is 2. The van der Waals surface area contributed by atoms with E-state index in [4.69, 9.17) is 0 Å². The van der Waals surface area contributed by atoms with E-state index in [9.17, 15) is 9.59 Å². The van der Waals surface area contributed by atoms with Gasteiger partial charge in [-0.3, -0.25) is 9.59 Å². The van der Waals surface area contributed by atoms with Crippen molar-refractivity contribution in [2.24, 2.45) is 11.3 Å². The van der Waals surface area contributed by atoms with Gasteiger partial charge in [-0.1, -0.05) is 57.4 Å². The largest absolute Gasteiger partial charge is 0.357 e. The summed E-state index contributed by atoms with van der Waals surface area (Å²) in [6, 6.07) is 8.46. The molecule has 1 amide bonds. The van der Waals surface area contributed by atoms with Crippen LogP contribution in [0.2, 0.25) is 0 Å². The third-order valence-electron chi connectivity index (χ3n) is 8.09. The number of hydrogen-bond acceptors (Lipinski definition) is 4. The number of carbonyl (C=O) groups is 2. The normalized spacial score (nSPS) is 26.9. The maximum Gasteiger partial charge on any atom is 0.239 e. The number of carbonyl (C=O) groups excluding carboxylic acids is 2. The summed E-state index contributed by atoms with van der Waals surface area (Å²) >= 11 is 0. The number of nitrogens with zero attached hydrogens (tertiary/aromatic N) is 1. The van der Waals surface area contributed by atoms with E-state index in [1.54, 1.807) is 0 Å². The van der Waals surface area contributed by atoms with Gasteiger partial charge in [-0.25, -0.2) is 0 Å². The number of allylic oxidation sites excluding steroid dienone is 3. The minimum absolute atomic E-state index is 0.0671. The van der Waals surface area contributed by atoms with Gasteiger partial charge in [0.1, 0.15) is 0 Å². The second-order valence-electron chi connectivity index (χ2n) is 11.5. The summed E-state index contributed by atoms with van der Waals surface area (Å²) < 4.78 is 0. The van der Waals surface area contributed by atoms with Gasteiger partial charge in [0.15, 0.2) is 5.78 Å². The van der Waals surface area contributed by atoms with Gasteiger partial charge in [0, 0.05) is 23.7 Å². The number of hydrogen-bond donors (Lipinski definition) is 2. The highest BCUT2D eigenvalue weighted by Crippen LogP contribution is 2.46. The van der Waals surface area contributed by atoms with Crippen molar-refractivity contribution in [2.45, 2.75) is 90.1 Å². The fraction of sp³-hybridized carbons (Fsp3) is 0.586. The summed E-state index contributed by atoms with van der Waals surface area (Å²) in [4.78, 5) is 29.3. The Kier molecular flexibility index (Phi) is 6.54. The molecule has 4 aliphatic rings. The molecular formula is C29H39N3O2. The van der Waals surface area contributed by atoms with Crippen molar-refractivity contribution >= 4 is 23.1 Å². The Labute approximate surface area is 204 Å². The van der Waals surface area contributed by atoms with Crippen LogP contribution in [0.25, 0.3) is 0 Å². The monoisotopic (exact) mass is 461 g/mol. The number of benzene rings is 1. The lowest BCUT2D eigenvalue weighted by Crippen LogP contribution is -2.51. The first-order valence-corrected chi connectivity index (χ1v) is 13.2. The lowest BCUT2D eigenvalue weighted by molar-refractivity contribution is -0.121. The Morgan fingerprint density at radius 3 is 2.65 bits per heavy atom. The molecule has 5 heteroatoms. The molecule has 0 radical (unpaired) electrons. The zero-order chi connectivity index (χ0) is 23.7. The van der Waals surface area contributed by atoms with E-state index in [0.717, 1.165) is 61.2 Å². The van der Waals surface area contributed by atoms with Crippen LogP contribution in [-0.2, 0) is 9.59 Å². The predicted octanol–water partition coefficient (Wildman–Crippen LogP) is 5.74. The van der Waals surface area contributed by atoms with E-state index in [1.165, 1.54) is 19.3 Å². The first-order chi connectivity index (χ1) is 16.4. The molecule has 34 heavy (non-hydrogen) atoms. The van der Waals surface area contributed by atoms with Crippen molar-refractivity contribution in [3.63, 3.8) is 0 Å². The van der Waals surface area contributed by atoms with Gasteiger partial charge in [-0.15, -0.1) is 0 Å². The molecule has 0 aromatic heterocycles. The average molecular weight is 462 g/mol. The second kappa shape index (κ2) is 9.59. The molecule has 5 nitrogen and oxygen atoms in total. The van der Waals surface area contributed by atoms with Crippen molar-refractivity contribution in [3.8, 4) is 0 Å². The molecule has 3 aliphatic carbocycles. The molecule has 1 saturated carbocycles. The van der Waals surface area contributed by atoms with Gasteiger partial charge < -0.3 is 15.5 Å². The summed E-state index contributed by atoms with van der Waals surface area (Å²) in [5.41, 5.74) is 3.94. The number of anilines is 2. The van der Waals surface area contributed by atoms with E-state index in [2.05, 4.69) is 53.7 Å². The SMILES string of the molecule is CC1(C)CC(=O)C2=C(C1)Nc1ccccc1N(CC(=O)NC1CCCCC1)[C@H]2[C@H]1CC=CCC1. The van der Waals surface area contributed by atoms with Gasteiger partial charge in [-0.2, -0.15) is 0 Å².